The van der Waals surface area contributed by atoms with Gasteiger partial charge in [-0.05, 0) is 5.56 Å². The van der Waals surface area contributed by atoms with Crippen molar-refractivity contribution in [2.75, 3.05) is 26.2 Å². The molecule has 2 unspecified atom stereocenters. The third kappa shape index (κ3) is 4.85. The van der Waals surface area contributed by atoms with Crippen LogP contribution in [-0.2, 0) is 20.9 Å². The van der Waals surface area contributed by atoms with E-state index in [0.29, 0.717) is 26.3 Å². The van der Waals surface area contributed by atoms with Gasteiger partial charge >= 0.3 is 5.97 Å². The second-order valence-corrected chi connectivity index (χ2v) is 5.24. The SMILES string of the molecule is CC(CN1CCOC(C#N)C1)C(=O)OCc1ccccc1. The smallest absolute Gasteiger partial charge is 0.310 e. The first-order valence-electron chi connectivity index (χ1n) is 7.13. The summed E-state index contributed by atoms with van der Waals surface area (Å²) >= 11 is 0. The van der Waals surface area contributed by atoms with E-state index >= 15 is 0 Å². The lowest BCUT2D eigenvalue weighted by atomic mass is 10.1. The summed E-state index contributed by atoms with van der Waals surface area (Å²) in [6.45, 7) is 4.57. The number of nitrogens with zero attached hydrogens (tertiary/aromatic N) is 2. The molecule has 0 amide bonds. The van der Waals surface area contributed by atoms with Gasteiger partial charge in [-0.3, -0.25) is 9.69 Å². The molecule has 5 heteroatoms. The molecule has 1 aliphatic rings. The van der Waals surface area contributed by atoms with Crippen molar-refractivity contribution in [2.24, 2.45) is 5.92 Å². The van der Waals surface area contributed by atoms with E-state index in [1.165, 1.54) is 0 Å². The number of morpholine rings is 1. The Morgan fingerprint density at radius 2 is 2.29 bits per heavy atom. The molecule has 1 fully saturated rings. The van der Waals surface area contributed by atoms with Crippen LogP contribution in [0.15, 0.2) is 30.3 Å². The molecular formula is C16H20N2O3. The molecular weight excluding hydrogens is 268 g/mol. The maximum atomic E-state index is 12.0. The molecule has 0 N–H and O–H groups in total. The van der Waals surface area contributed by atoms with Crippen molar-refractivity contribution in [3.8, 4) is 6.07 Å². The number of carbonyl (C=O) groups is 1. The molecule has 0 saturated carbocycles. The van der Waals surface area contributed by atoms with Gasteiger partial charge in [-0.25, -0.2) is 0 Å². The molecule has 0 bridgehead atoms. The highest BCUT2D eigenvalue weighted by molar-refractivity contribution is 5.72. The van der Waals surface area contributed by atoms with Crippen LogP contribution in [0.1, 0.15) is 12.5 Å². The summed E-state index contributed by atoms with van der Waals surface area (Å²) in [5.74, 6) is -0.426. The molecule has 0 spiro atoms. The third-order valence-corrected chi connectivity index (χ3v) is 3.45. The topological polar surface area (TPSA) is 62.6 Å². The van der Waals surface area contributed by atoms with E-state index in [4.69, 9.17) is 14.7 Å². The molecule has 0 aromatic heterocycles. The van der Waals surface area contributed by atoms with Crippen LogP contribution < -0.4 is 0 Å². The molecule has 1 aromatic carbocycles. The lowest BCUT2D eigenvalue weighted by Crippen LogP contribution is -2.44. The van der Waals surface area contributed by atoms with Gasteiger partial charge in [0.05, 0.1) is 18.6 Å². The normalized spacial score (nSPS) is 20.5. The van der Waals surface area contributed by atoms with E-state index in [1.807, 2.05) is 37.3 Å². The number of hydrogen-bond acceptors (Lipinski definition) is 5. The zero-order valence-corrected chi connectivity index (χ0v) is 12.2. The van der Waals surface area contributed by atoms with E-state index in [-0.39, 0.29) is 11.9 Å². The van der Waals surface area contributed by atoms with Gasteiger partial charge in [0, 0.05) is 19.6 Å². The van der Waals surface area contributed by atoms with Crippen LogP contribution in [0.3, 0.4) is 0 Å². The fourth-order valence-electron chi connectivity index (χ4n) is 2.28. The van der Waals surface area contributed by atoms with Crippen molar-refractivity contribution in [2.45, 2.75) is 19.6 Å². The number of nitriles is 1. The number of carbonyl (C=O) groups excluding carboxylic acids is 1. The van der Waals surface area contributed by atoms with E-state index in [0.717, 1.165) is 12.1 Å². The highest BCUT2D eigenvalue weighted by Crippen LogP contribution is 2.10. The molecule has 21 heavy (non-hydrogen) atoms. The summed E-state index contributed by atoms with van der Waals surface area (Å²) in [5.41, 5.74) is 0.981. The third-order valence-electron chi connectivity index (χ3n) is 3.45. The summed E-state index contributed by atoms with van der Waals surface area (Å²) in [4.78, 5) is 14.1. The minimum atomic E-state index is -0.397. The second kappa shape index (κ2) is 7.77. The van der Waals surface area contributed by atoms with Gasteiger partial charge in [0.2, 0.25) is 0 Å². The van der Waals surface area contributed by atoms with Gasteiger partial charge in [-0.2, -0.15) is 5.26 Å². The molecule has 1 aliphatic heterocycles. The van der Waals surface area contributed by atoms with Crippen molar-refractivity contribution >= 4 is 5.97 Å². The Hall–Kier alpha value is -1.90. The molecule has 0 radical (unpaired) electrons. The summed E-state index contributed by atoms with van der Waals surface area (Å²) < 4.78 is 10.6. The molecule has 2 atom stereocenters. The van der Waals surface area contributed by atoms with Gasteiger partial charge in [0.25, 0.3) is 0 Å². The van der Waals surface area contributed by atoms with Crippen LogP contribution in [0.4, 0.5) is 0 Å². The lowest BCUT2D eigenvalue weighted by molar-refractivity contribution is -0.150. The van der Waals surface area contributed by atoms with Crippen LogP contribution in [-0.4, -0.2) is 43.2 Å². The first-order valence-corrected chi connectivity index (χ1v) is 7.13. The van der Waals surface area contributed by atoms with E-state index in [9.17, 15) is 4.79 Å². The Labute approximate surface area is 125 Å². The highest BCUT2D eigenvalue weighted by Gasteiger charge is 2.24. The average molecular weight is 288 g/mol. The standard InChI is InChI=1S/C16H20N2O3/c1-13(10-18-7-8-20-15(9-17)11-18)16(19)21-12-14-5-3-2-4-6-14/h2-6,13,15H,7-8,10-12H2,1H3. The summed E-state index contributed by atoms with van der Waals surface area (Å²) in [6, 6.07) is 11.7. The fourth-order valence-corrected chi connectivity index (χ4v) is 2.28. The summed E-state index contributed by atoms with van der Waals surface area (Å²) in [6.07, 6.45) is -0.397. The first-order chi connectivity index (χ1) is 10.2. The predicted molar refractivity (Wildman–Crippen MR) is 77.2 cm³/mol. The van der Waals surface area contributed by atoms with E-state index in [1.54, 1.807) is 0 Å². The van der Waals surface area contributed by atoms with Crippen molar-refractivity contribution in [1.82, 2.24) is 4.90 Å². The van der Waals surface area contributed by atoms with Crippen LogP contribution in [0, 0.1) is 17.2 Å². The number of benzene rings is 1. The number of esters is 1. The molecule has 0 aliphatic carbocycles. The summed E-state index contributed by atoms with van der Waals surface area (Å²) in [7, 11) is 0. The van der Waals surface area contributed by atoms with Crippen molar-refractivity contribution in [3.63, 3.8) is 0 Å². The zero-order valence-electron chi connectivity index (χ0n) is 12.2. The van der Waals surface area contributed by atoms with E-state index in [2.05, 4.69) is 11.0 Å². The van der Waals surface area contributed by atoms with Gasteiger partial charge < -0.3 is 9.47 Å². The maximum absolute atomic E-state index is 12.0. The van der Waals surface area contributed by atoms with Gasteiger partial charge in [-0.15, -0.1) is 0 Å². The van der Waals surface area contributed by atoms with Crippen molar-refractivity contribution < 1.29 is 14.3 Å². The number of ether oxygens (including phenoxy) is 2. The predicted octanol–water partition coefficient (Wildman–Crippen LogP) is 1.59. The Morgan fingerprint density at radius 3 is 3.00 bits per heavy atom. The number of rotatable bonds is 5. The Morgan fingerprint density at radius 1 is 1.52 bits per heavy atom. The quantitative estimate of drug-likeness (QED) is 0.770. The molecule has 112 valence electrons. The first kappa shape index (κ1) is 15.5. The van der Waals surface area contributed by atoms with Gasteiger partial charge in [0.1, 0.15) is 6.61 Å². The molecule has 5 nitrogen and oxygen atoms in total. The molecule has 1 aromatic rings. The minimum absolute atomic E-state index is 0.209. The molecule has 2 rings (SSSR count). The van der Waals surface area contributed by atoms with Crippen LogP contribution >= 0.6 is 0 Å². The van der Waals surface area contributed by atoms with Gasteiger partial charge in [-0.1, -0.05) is 37.3 Å². The van der Waals surface area contributed by atoms with Gasteiger partial charge in [0.15, 0.2) is 6.10 Å². The Kier molecular flexibility index (Phi) is 5.73. The van der Waals surface area contributed by atoms with Crippen LogP contribution in [0.5, 0.6) is 0 Å². The summed E-state index contributed by atoms with van der Waals surface area (Å²) in [5, 5.41) is 8.87. The van der Waals surface area contributed by atoms with Crippen molar-refractivity contribution in [1.29, 1.82) is 5.26 Å². The molecule has 1 saturated heterocycles. The van der Waals surface area contributed by atoms with Crippen LogP contribution in [0.2, 0.25) is 0 Å². The minimum Gasteiger partial charge on any atom is -0.461 e. The zero-order chi connectivity index (χ0) is 15.1. The Balaban J connectivity index is 1.76. The lowest BCUT2D eigenvalue weighted by Gasteiger charge is -2.31. The average Bonchev–Trinajstić information content (AvgIpc) is 2.53. The monoisotopic (exact) mass is 288 g/mol. The largest absolute Gasteiger partial charge is 0.461 e. The fraction of sp³-hybridized carbons (Fsp3) is 0.500. The molecule has 1 heterocycles. The van der Waals surface area contributed by atoms with Crippen molar-refractivity contribution in [3.05, 3.63) is 35.9 Å². The Bertz CT molecular complexity index is 498. The maximum Gasteiger partial charge on any atom is 0.310 e. The highest BCUT2D eigenvalue weighted by atomic mass is 16.5. The van der Waals surface area contributed by atoms with Crippen LogP contribution in [0.25, 0.3) is 0 Å². The number of hydrogen-bond donors (Lipinski definition) is 0. The second-order valence-electron chi connectivity index (χ2n) is 5.24. The van der Waals surface area contributed by atoms with E-state index < -0.39 is 6.10 Å².